The lowest BCUT2D eigenvalue weighted by atomic mass is 9.68. The summed E-state index contributed by atoms with van der Waals surface area (Å²) in [5.41, 5.74) is 38.8. The number of benzene rings is 16. The summed E-state index contributed by atoms with van der Waals surface area (Å²) in [6.07, 6.45) is 3.12. The summed E-state index contributed by atoms with van der Waals surface area (Å²) in [5, 5.41) is 0. The van der Waals surface area contributed by atoms with Gasteiger partial charge in [0.15, 0.2) is 0 Å². The van der Waals surface area contributed by atoms with Crippen LogP contribution in [0.4, 0.5) is 0 Å². The first-order chi connectivity index (χ1) is 51.9. The second-order valence-corrected chi connectivity index (χ2v) is 29.2. The number of hydrogen-bond acceptors (Lipinski definition) is 0. The highest BCUT2D eigenvalue weighted by atomic mass is 14.5. The number of hydrogen-bond donors (Lipinski definition) is 0. The second-order valence-electron chi connectivity index (χ2n) is 29.2. The van der Waals surface area contributed by atoms with Crippen LogP contribution in [0.2, 0.25) is 0 Å². The molecule has 0 amide bonds. The average Bonchev–Trinajstić information content (AvgIpc) is 1.52. The molecule has 1 spiro atoms. The zero-order valence-electron chi connectivity index (χ0n) is 59.4. The van der Waals surface area contributed by atoms with Crippen LogP contribution in [0.3, 0.4) is 0 Å². The van der Waals surface area contributed by atoms with Crippen molar-refractivity contribution in [2.75, 3.05) is 0 Å². The Morgan fingerprint density at radius 2 is 0.381 bits per heavy atom. The van der Waals surface area contributed by atoms with Crippen molar-refractivity contribution >= 4 is 0 Å². The van der Waals surface area contributed by atoms with E-state index >= 15 is 0 Å². The van der Waals surface area contributed by atoms with E-state index in [1.54, 1.807) is 0 Å². The predicted octanol–water partition coefficient (Wildman–Crippen LogP) is 25.8. The van der Waals surface area contributed by atoms with E-state index in [-0.39, 0.29) is 21.7 Å². The summed E-state index contributed by atoms with van der Waals surface area (Å²) in [6, 6.07) is 150. The molecule has 6 aliphatic carbocycles. The van der Waals surface area contributed by atoms with Crippen molar-refractivity contribution in [3.63, 3.8) is 0 Å². The third-order valence-corrected chi connectivity index (χ3v) is 23.3. The van der Waals surface area contributed by atoms with Gasteiger partial charge in [-0.2, -0.15) is 0 Å². The Morgan fingerprint density at radius 1 is 0.181 bits per heavy atom. The van der Waals surface area contributed by atoms with Gasteiger partial charge in [-0.05, 0) is 175 Å². The van der Waals surface area contributed by atoms with Crippen molar-refractivity contribution in [2.24, 2.45) is 0 Å². The zero-order valence-corrected chi connectivity index (χ0v) is 59.4. The molecule has 0 aromatic heterocycles. The molecule has 0 N–H and O–H groups in total. The first kappa shape index (κ1) is 64.6. The van der Waals surface area contributed by atoms with Gasteiger partial charge in [-0.1, -0.05) is 426 Å². The summed E-state index contributed by atoms with van der Waals surface area (Å²) in [4.78, 5) is 0. The van der Waals surface area contributed by atoms with Gasteiger partial charge >= 0.3 is 0 Å². The molecule has 0 fully saturated rings. The highest BCUT2D eigenvalue weighted by Gasteiger charge is 2.52. The minimum absolute atomic E-state index is 0.0319. The lowest BCUT2D eigenvalue weighted by molar-refractivity contribution is 0.520. The van der Waals surface area contributed by atoms with Gasteiger partial charge in [0.05, 0.1) is 10.8 Å². The molecule has 0 heterocycles. The second kappa shape index (κ2) is 27.0. The van der Waals surface area contributed by atoms with Gasteiger partial charge in [0.2, 0.25) is 0 Å². The van der Waals surface area contributed by atoms with Crippen LogP contribution >= 0.6 is 0 Å². The maximum atomic E-state index is 2.33. The van der Waals surface area contributed by atoms with Crippen LogP contribution in [0.15, 0.2) is 413 Å². The van der Waals surface area contributed by atoms with E-state index in [4.69, 9.17) is 0 Å². The van der Waals surface area contributed by atoms with Crippen molar-refractivity contribution in [1.82, 2.24) is 0 Å². The third-order valence-electron chi connectivity index (χ3n) is 23.3. The van der Waals surface area contributed by atoms with Gasteiger partial charge in [0.1, 0.15) is 0 Å². The van der Waals surface area contributed by atoms with Crippen molar-refractivity contribution < 1.29 is 0 Å². The molecule has 22 rings (SSSR count). The molecule has 0 heteroatoms. The van der Waals surface area contributed by atoms with E-state index in [9.17, 15) is 0 Å². The standard InChI is InChI=1S/C27H22.C25H16.C25H18.C15H14.C13H10/c1-3-11-21(12-4-1)19-27(20-22-13-5-2-6-14-22)25-17-9-7-15-23(25)24-16-8-10-18-26(24)27;1-5-13-21-17(9-1)18-10-2-6-14-22(18)25(21)23-15-7-3-11-19(23)20-12-4-8-16-24(20)25;1-3-11-19(12-4-1)25(20-13-5-2-6-14-20)23-17-9-7-15-21(23)22-16-8-10-18-24(22)25;1-15(2)13-9-5-3-7-11(13)12-8-4-6-10-14(12)15;1-3-7-12-10(5-1)9-11-6-2-4-8-13(11)12/h1-18H,19-20H2;1-16H;1-18H;3-10H,1-2H3;1-8H,9H2. The first-order valence-corrected chi connectivity index (χ1v) is 37.2. The zero-order chi connectivity index (χ0) is 70.4. The SMILES string of the molecule is CC1(C)c2ccccc2-c2ccccc21.c1ccc(C2(c3ccccc3)c3ccccc3-c3ccccc32)cc1.c1ccc(CC2(Cc3ccccc3)c3ccccc3-c3ccccc32)cc1.c1ccc2c(c1)-c1ccccc1C21c2ccccc2-c2ccccc21.c1ccc2c(c1)Cc1ccccc1-2. The summed E-state index contributed by atoms with van der Waals surface area (Å²) in [6.45, 7) is 4.61. The number of fused-ring (bicyclic) bond motifs is 22. The van der Waals surface area contributed by atoms with Crippen LogP contribution < -0.4 is 0 Å². The van der Waals surface area contributed by atoms with Crippen LogP contribution in [-0.2, 0) is 40.9 Å². The Labute approximate surface area is 619 Å². The summed E-state index contributed by atoms with van der Waals surface area (Å²) >= 11 is 0. The normalized spacial score (nSPS) is 14.2. The van der Waals surface area contributed by atoms with Crippen LogP contribution in [0.1, 0.15) is 103 Å². The fourth-order valence-electron chi connectivity index (χ4n) is 18.9. The minimum Gasteiger partial charge on any atom is -0.0622 e. The molecule has 500 valence electrons. The quantitative estimate of drug-likeness (QED) is 0.156. The Morgan fingerprint density at radius 3 is 0.676 bits per heavy atom. The lowest BCUT2D eigenvalue weighted by Gasteiger charge is -2.33. The molecule has 0 saturated carbocycles. The van der Waals surface area contributed by atoms with Gasteiger partial charge in [0, 0.05) is 10.8 Å². The third kappa shape index (κ3) is 10.7. The largest absolute Gasteiger partial charge is 0.0725 e. The molecule has 0 nitrogen and oxygen atoms in total. The van der Waals surface area contributed by atoms with Gasteiger partial charge in [-0.3, -0.25) is 0 Å². The van der Waals surface area contributed by atoms with Crippen molar-refractivity contribution in [1.29, 1.82) is 0 Å². The molecule has 0 bridgehead atoms. The van der Waals surface area contributed by atoms with Crippen molar-refractivity contribution in [3.05, 3.63) is 502 Å². The van der Waals surface area contributed by atoms with Crippen LogP contribution in [0, 0.1) is 0 Å². The minimum atomic E-state index is -0.254. The maximum absolute atomic E-state index is 2.33. The maximum Gasteiger partial charge on any atom is 0.0725 e. The molecule has 16 aromatic rings. The van der Waals surface area contributed by atoms with Gasteiger partial charge in [0.25, 0.3) is 0 Å². The molecular weight excluding hydrogens is 1260 g/mol. The van der Waals surface area contributed by atoms with Gasteiger partial charge in [-0.15, -0.1) is 0 Å². The molecule has 0 radical (unpaired) electrons. The fraction of sp³-hybridized carbons (Fsp3) is 0.0857. The van der Waals surface area contributed by atoms with E-state index in [1.165, 1.54) is 156 Å². The van der Waals surface area contributed by atoms with E-state index in [0.717, 1.165) is 19.3 Å². The lowest BCUT2D eigenvalue weighted by Crippen LogP contribution is -2.31. The van der Waals surface area contributed by atoms with Crippen LogP contribution in [0.25, 0.3) is 66.8 Å². The monoisotopic (exact) mass is 1340 g/mol. The number of rotatable bonds is 6. The molecule has 0 unspecified atom stereocenters. The molecule has 0 atom stereocenters. The Balaban J connectivity index is 0.0000000955. The van der Waals surface area contributed by atoms with E-state index in [1.807, 2.05) is 0 Å². The van der Waals surface area contributed by atoms with Crippen LogP contribution in [0.5, 0.6) is 0 Å². The molecule has 0 aliphatic heterocycles. The molecule has 6 aliphatic rings. The summed E-state index contributed by atoms with van der Waals surface area (Å²) < 4.78 is 0. The topological polar surface area (TPSA) is 0 Å². The fourth-order valence-corrected chi connectivity index (χ4v) is 18.9. The van der Waals surface area contributed by atoms with E-state index in [2.05, 4.69) is 426 Å². The Hall–Kier alpha value is -12.5. The summed E-state index contributed by atoms with van der Waals surface area (Å²) in [5.74, 6) is 0. The van der Waals surface area contributed by atoms with Crippen LogP contribution in [-0.4, -0.2) is 0 Å². The highest BCUT2D eigenvalue weighted by Crippen LogP contribution is 2.63. The average molecular weight is 1340 g/mol. The molecule has 105 heavy (non-hydrogen) atoms. The smallest absolute Gasteiger partial charge is 0.0622 e. The Kier molecular flexibility index (Phi) is 16.6. The van der Waals surface area contributed by atoms with Crippen molar-refractivity contribution in [3.8, 4) is 66.8 Å². The highest BCUT2D eigenvalue weighted by molar-refractivity contribution is 5.95. The van der Waals surface area contributed by atoms with Gasteiger partial charge < -0.3 is 0 Å². The summed E-state index contributed by atoms with van der Waals surface area (Å²) in [7, 11) is 0. The Bertz CT molecular complexity index is 5280. The molecule has 16 aromatic carbocycles. The predicted molar refractivity (Wildman–Crippen MR) is 438 cm³/mol. The van der Waals surface area contributed by atoms with Gasteiger partial charge in [-0.25, -0.2) is 0 Å². The molecular formula is C105H80. The molecule has 0 saturated heterocycles. The van der Waals surface area contributed by atoms with E-state index < -0.39 is 0 Å². The van der Waals surface area contributed by atoms with Crippen molar-refractivity contribution in [2.45, 2.75) is 54.8 Å². The van der Waals surface area contributed by atoms with E-state index in [0.29, 0.717) is 0 Å². The first-order valence-electron chi connectivity index (χ1n) is 37.2.